The summed E-state index contributed by atoms with van der Waals surface area (Å²) in [5.74, 6) is 0.0316. The van der Waals surface area contributed by atoms with Gasteiger partial charge in [-0.2, -0.15) is 8.78 Å². The molecule has 0 N–H and O–H groups in total. The molecule has 15 heavy (non-hydrogen) atoms. The van der Waals surface area contributed by atoms with E-state index < -0.39 is 12.0 Å². The van der Waals surface area contributed by atoms with Gasteiger partial charge in [0.25, 0.3) is 0 Å². The predicted octanol–water partition coefficient (Wildman–Crippen LogP) is 3.08. The number of halogens is 3. The molecule has 0 aliphatic heterocycles. The zero-order valence-electron chi connectivity index (χ0n) is 7.78. The monoisotopic (exact) mass is 235 g/mol. The van der Waals surface area contributed by atoms with Crippen molar-refractivity contribution in [2.45, 2.75) is 6.61 Å². The van der Waals surface area contributed by atoms with Crippen molar-refractivity contribution in [2.24, 2.45) is 0 Å². The van der Waals surface area contributed by atoms with E-state index in [9.17, 15) is 13.6 Å². The van der Waals surface area contributed by atoms with Crippen molar-refractivity contribution >= 4 is 22.7 Å². The summed E-state index contributed by atoms with van der Waals surface area (Å²) in [5.41, 5.74) is 0.497. The van der Waals surface area contributed by atoms with E-state index >= 15 is 0 Å². The van der Waals surface area contributed by atoms with Gasteiger partial charge in [0.05, 0.1) is 0 Å². The second-order valence-electron chi connectivity index (χ2n) is 2.68. The SMILES string of the molecule is CN(C(=O)Cl)c1ccc(OC(F)F)cc1. The first-order chi connectivity index (χ1) is 7.00. The Bertz CT molecular complexity index is 342. The summed E-state index contributed by atoms with van der Waals surface area (Å²) in [6.45, 7) is -2.86. The Hall–Kier alpha value is -1.36. The molecule has 82 valence electrons. The van der Waals surface area contributed by atoms with Crippen LogP contribution in [0.3, 0.4) is 0 Å². The van der Waals surface area contributed by atoms with Crippen molar-refractivity contribution in [3.05, 3.63) is 24.3 Å². The molecule has 0 aliphatic carbocycles. The van der Waals surface area contributed by atoms with Crippen molar-refractivity contribution < 1.29 is 18.3 Å². The smallest absolute Gasteiger partial charge is 0.387 e. The molecule has 0 aliphatic rings. The van der Waals surface area contributed by atoms with Crippen LogP contribution in [0.25, 0.3) is 0 Å². The number of hydrogen-bond acceptors (Lipinski definition) is 2. The van der Waals surface area contributed by atoms with E-state index in [1.807, 2.05) is 0 Å². The minimum Gasteiger partial charge on any atom is -0.435 e. The summed E-state index contributed by atoms with van der Waals surface area (Å²) in [4.78, 5) is 11.9. The van der Waals surface area contributed by atoms with Crippen LogP contribution in [0.1, 0.15) is 0 Å². The Morgan fingerprint density at radius 3 is 2.33 bits per heavy atom. The Labute approximate surface area is 90.2 Å². The molecule has 3 nitrogen and oxygen atoms in total. The normalized spacial score (nSPS) is 10.2. The number of ether oxygens (including phenoxy) is 1. The van der Waals surface area contributed by atoms with Crippen LogP contribution in [0.2, 0.25) is 0 Å². The van der Waals surface area contributed by atoms with Crippen molar-refractivity contribution in [3.8, 4) is 5.75 Å². The third-order valence-corrected chi connectivity index (χ3v) is 1.97. The molecular weight excluding hydrogens is 228 g/mol. The number of anilines is 1. The largest absolute Gasteiger partial charge is 0.435 e. The summed E-state index contributed by atoms with van der Waals surface area (Å²) < 4.78 is 27.7. The number of alkyl halides is 2. The lowest BCUT2D eigenvalue weighted by atomic mass is 10.3. The Balaban J connectivity index is 2.76. The highest BCUT2D eigenvalue weighted by atomic mass is 35.5. The van der Waals surface area contributed by atoms with Crippen LogP contribution < -0.4 is 9.64 Å². The molecule has 0 atom stereocenters. The van der Waals surface area contributed by atoms with E-state index in [1.165, 1.54) is 36.2 Å². The highest BCUT2D eigenvalue weighted by Crippen LogP contribution is 2.20. The third-order valence-electron chi connectivity index (χ3n) is 1.71. The van der Waals surface area contributed by atoms with E-state index in [4.69, 9.17) is 11.6 Å². The van der Waals surface area contributed by atoms with Crippen molar-refractivity contribution in [1.82, 2.24) is 0 Å². The number of carbonyl (C=O) groups is 1. The number of nitrogens with zero attached hydrogens (tertiary/aromatic N) is 1. The van der Waals surface area contributed by atoms with Crippen LogP contribution in [0.5, 0.6) is 5.75 Å². The molecule has 0 radical (unpaired) electrons. The summed E-state index contributed by atoms with van der Waals surface area (Å²) in [5, 5.41) is -0.655. The number of amides is 1. The minimum absolute atomic E-state index is 0.0316. The Kier molecular flexibility index (Phi) is 3.85. The van der Waals surface area contributed by atoms with Gasteiger partial charge in [-0.25, -0.2) is 0 Å². The topological polar surface area (TPSA) is 29.5 Å². The van der Waals surface area contributed by atoms with Crippen LogP contribution in [0, 0.1) is 0 Å². The average Bonchev–Trinajstić information content (AvgIpc) is 2.17. The lowest BCUT2D eigenvalue weighted by Crippen LogP contribution is -2.19. The second kappa shape index (κ2) is 4.93. The lowest BCUT2D eigenvalue weighted by molar-refractivity contribution is -0.0498. The van der Waals surface area contributed by atoms with Crippen molar-refractivity contribution in [1.29, 1.82) is 0 Å². The van der Waals surface area contributed by atoms with Gasteiger partial charge in [-0.1, -0.05) is 0 Å². The zero-order valence-corrected chi connectivity index (χ0v) is 8.54. The molecule has 1 amide bonds. The van der Waals surface area contributed by atoms with Gasteiger partial charge in [-0.05, 0) is 35.9 Å². The van der Waals surface area contributed by atoms with E-state index in [0.29, 0.717) is 5.69 Å². The first-order valence-corrected chi connectivity index (χ1v) is 4.36. The molecule has 1 aromatic rings. The molecule has 0 saturated carbocycles. The minimum atomic E-state index is -2.86. The summed E-state index contributed by atoms with van der Waals surface area (Å²) in [7, 11) is 1.47. The van der Waals surface area contributed by atoms with Crippen LogP contribution in [-0.4, -0.2) is 19.0 Å². The summed E-state index contributed by atoms with van der Waals surface area (Å²) in [6, 6.07) is 5.58. The molecule has 0 unspecified atom stereocenters. The second-order valence-corrected chi connectivity index (χ2v) is 3.01. The average molecular weight is 236 g/mol. The van der Waals surface area contributed by atoms with E-state index in [-0.39, 0.29) is 5.75 Å². The Morgan fingerprint density at radius 2 is 1.93 bits per heavy atom. The summed E-state index contributed by atoms with van der Waals surface area (Å²) >= 11 is 5.22. The van der Waals surface area contributed by atoms with Gasteiger partial charge in [0.2, 0.25) is 0 Å². The van der Waals surface area contributed by atoms with E-state index in [2.05, 4.69) is 4.74 Å². The number of rotatable bonds is 3. The van der Waals surface area contributed by atoms with Crippen molar-refractivity contribution in [3.63, 3.8) is 0 Å². The standard InChI is InChI=1S/C9H8ClF2NO2/c1-13(8(10)14)6-2-4-7(5-3-6)15-9(11)12/h2-5,9H,1H3. The molecule has 0 heterocycles. The molecule has 0 saturated heterocycles. The quantitative estimate of drug-likeness (QED) is 0.595. The molecule has 0 bridgehead atoms. The molecule has 6 heteroatoms. The van der Waals surface area contributed by atoms with Crippen LogP contribution in [0.4, 0.5) is 19.3 Å². The maximum Gasteiger partial charge on any atom is 0.387 e. The van der Waals surface area contributed by atoms with Gasteiger partial charge < -0.3 is 9.64 Å². The number of hydrogen-bond donors (Lipinski definition) is 0. The molecule has 0 spiro atoms. The molecule has 0 fully saturated rings. The highest BCUT2D eigenvalue weighted by molar-refractivity contribution is 6.66. The number of benzene rings is 1. The fourth-order valence-corrected chi connectivity index (χ4v) is 1.05. The maximum atomic E-state index is 11.8. The van der Waals surface area contributed by atoms with Crippen LogP contribution in [0.15, 0.2) is 24.3 Å². The van der Waals surface area contributed by atoms with Crippen LogP contribution >= 0.6 is 11.6 Å². The van der Waals surface area contributed by atoms with Gasteiger partial charge in [0.15, 0.2) is 0 Å². The molecule has 0 aromatic heterocycles. The van der Waals surface area contributed by atoms with E-state index in [1.54, 1.807) is 0 Å². The molecular formula is C9H8ClF2NO2. The number of carbonyl (C=O) groups excluding carboxylic acids is 1. The molecule has 1 aromatic carbocycles. The Morgan fingerprint density at radius 1 is 1.40 bits per heavy atom. The summed E-state index contributed by atoms with van der Waals surface area (Å²) in [6.07, 6.45) is 0. The predicted molar refractivity (Wildman–Crippen MR) is 52.7 cm³/mol. The lowest BCUT2D eigenvalue weighted by Gasteiger charge is -2.13. The van der Waals surface area contributed by atoms with Gasteiger partial charge in [-0.15, -0.1) is 0 Å². The van der Waals surface area contributed by atoms with E-state index in [0.717, 1.165) is 0 Å². The highest BCUT2D eigenvalue weighted by Gasteiger charge is 2.08. The zero-order chi connectivity index (χ0) is 11.4. The molecule has 1 rings (SSSR count). The van der Waals surface area contributed by atoms with Gasteiger partial charge in [0.1, 0.15) is 5.75 Å². The fourth-order valence-electron chi connectivity index (χ4n) is 0.953. The van der Waals surface area contributed by atoms with Gasteiger partial charge in [0, 0.05) is 12.7 Å². The van der Waals surface area contributed by atoms with Gasteiger partial charge >= 0.3 is 12.0 Å². The van der Waals surface area contributed by atoms with Crippen molar-refractivity contribution in [2.75, 3.05) is 11.9 Å². The maximum absolute atomic E-state index is 11.8. The third kappa shape index (κ3) is 3.36. The van der Waals surface area contributed by atoms with Gasteiger partial charge in [-0.3, -0.25) is 4.79 Å². The first kappa shape index (κ1) is 11.7. The van der Waals surface area contributed by atoms with Crippen LogP contribution in [-0.2, 0) is 0 Å². The fraction of sp³-hybridized carbons (Fsp3) is 0.222. The first-order valence-electron chi connectivity index (χ1n) is 3.99.